The molecule has 122 valence electrons. The molecule has 4 nitrogen and oxygen atoms in total. The number of rotatable bonds is 6. The number of amides is 1. The number of pyridine rings is 1. The van der Waals surface area contributed by atoms with Crippen LogP contribution in [0, 0.1) is 0 Å². The lowest BCUT2D eigenvalue weighted by Crippen LogP contribution is -2.28. The van der Waals surface area contributed by atoms with E-state index < -0.39 is 0 Å². The van der Waals surface area contributed by atoms with E-state index in [9.17, 15) is 4.79 Å². The minimum Gasteiger partial charge on any atom is -0.352 e. The van der Waals surface area contributed by atoms with E-state index in [2.05, 4.69) is 40.6 Å². The largest absolute Gasteiger partial charge is 0.352 e. The highest BCUT2D eigenvalue weighted by Gasteiger charge is 2.23. The van der Waals surface area contributed by atoms with Crippen LogP contribution in [0.5, 0.6) is 0 Å². The summed E-state index contributed by atoms with van der Waals surface area (Å²) in [5.41, 5.74) is 2.34. The molecule has 2 aromatic heterocycles. The first-order valence-corrected chi connectivity index (χ1v) is 9.18. The monoisotopic (exact) mass is 337 g/mol. The predicted octanol–water partition coefficient (Wildman–Crippen LogP) is 3.61. The van der Waals surface area contributed by atoms with Crippen LogP contribution >= 0.6 is 11.8 Å². The van der Waals surface area contributed by atoms with Crippen LogP contribution in [-0.4, -0.2) is 21.5 Å². The lowest BCUT2D eigenvalue weighted by atomic mass is 10.2. The number of fused-ring (bicyclic) bond motifs is 1. The fourth-order valence-corrected chi connectivity index (χ4v) is 3.69. The van der Waals surface area contributed by atoms with Gasteiger partial charge in [0.15, 0.2) is 0 Å². The molecular weight excluding hydrogens is 318 g/mol. The Labute approximate surface area is 145 Å². The van der Waals surface area contributed by atoms with E-state index >= 15 is 0 Å². The highest BCUT2D eigenvalue weighted by atomic mass is 32.2. The van der Waals surface area contributed by atoms with Crippen molar-refractivity contribution in [1.82, 2.24) is 14.9 Å². The maximum atomic E-state index is 12.0. The van der Waals surface area contributed by atoms with Crippen LogP contribution in [0.1, 0.15) is 18.4 Å². The second-order valence-corrected chi connectivity index (χ2v) is 7.07. The van der Waals surface area contributed by atoms with E-state index in [-0.39, 0.29) is 5.91 Å². The molecule has 1 saturated carbocycles. The molecule has 1 N–H and O–H groups in total. The Morgan fingerprint density at radius 1 is 1.21 bits per heavy atom. The van der Waals surface area contributed by atoms with Gasteiger partial charge in [-0.05, 0) is 30.5 Å². The molecule has 0 saturated heterocycles. The third kappa shape index (κ3) is 3.46. The molecular formula is C19H19N3OS. The van der Waals surface area contributed by atoms with Crippen molar-refractivity contribution in [2.75, 3.05) is 0 Å². The molecule has 5 heteroatoms. The third-order valence-corrected chi connectivity index (χ3v) is 5.21. The summed E-state index contributed by atoms with van der Waals surface area (Å²) in [6.07, 6.45) is 6.03. The first-order valence-electron chi connectivity index (χ1n) is 8.19. The minimum absolute atomic E-state index is 0.0882. The summed E-state index contributed by atoms with van der Waals surface area (Å²) in [5, 5.41) is 5.16. The van der Waals surface area contributed by atoms with Crippen molar-refractivity contribution >= 4 is 28.6 Å². The highest BCUT2D eigenvalue weighted by molar-refractivity contribution is 7.98. The summed E-state index contributed by atoms with van der Waals surface area (Å²) in [7, 11) is 0. The zero-order valence-electron chi connectivity index (χ0n) is 13.3. The van der Waals surface area contributed by atoms with Crippen molar-refractivity contribution in [3.8, 4) is 0 Å². The molecule has 1 amide bonds. The van der Waals surface area contributed by atoms with Gasteiger partial charge in [-0.2, -0.15) is 0 Å². The van der Waals surface area contributed by atoms with Crippen LogP contribution in [0.3, 0.4) is 0 Å². The average Bonchev–Trinajstić information content (AvgIpc) is 3.33. The van der Waals surface area contributed by atoms with Gasteiger partial charge in [-0.3, -0.25) is 4.79 Å². The van der Waals surface area contributed by atoms with Crippen LogP contribution in [-0.2, 0) is 17.1 Å². The second kappa shape index (κ2) is 6.69. The van der Waals surface area contributed by atoms with Gasteiger partial charge in [0.25, 0.3) is 0 Å². The van der Waals surface area contributed by atoms with E-state index in [0.29, 0.717) is 12.6 Å². The van der Waals surface area contributed by atoms with Crippen LogP contribution < -0.4 is 5.32 Å². The summed E-state index contributed by atoms with van der Waals surface area (Å²) in [6, 6.07) is 14.8. The van der Waals surface area contributed by atoms with Crippen molar-refractivity contribution in [3.05, 3.63) is 60.4 Å². The van der Waals surface area contributed by atoms with E-state index in [4.69, 9.17) is 0 Å². The Morgan fingerprint density at radius 2 is 2.04 bits per heavy atom. The zero-order valence-corrected chi connectivity index (χ0v) is 14.1. The van der Waals surface area contributed by atoms with Gasteiger partial charge in [0.1, 0.15) is 11.6 Å². The Morgan fingerprint density at radius 3 is 2.83 bits per heavy atom. The minimum atomic E-state index is 0.0882. The Hall–Kier alpha value is -2.27. The second-order valence-electron chi connectivity index (χ2n) is 6.11. The number of hydrogen-bond acceptors (Lipinski definition) is 3. The van der Waals surface area contributed by atoms with Crippen molar-refractivity contribution in [2.45, 2.75) is 36.2 Å². The molecule has 0 atom stereocenters. The summed E-state index contributed by atoms with van der Waals surface area (Å²) in [4.78, 5) is 16.6. The molecule has 1 aromatic carbocycles. The first-order chi connectivity index (χ1) is 11.8. The summed E-state index contributed by atoms with van der Waals surface area (Å²) < 4.78 is 2.00. The number of nitrogens with one attached hydrogen (secondary N) is 1. The van der Waals surface area contributed by atoms with Crippen LogP contribution in [0.25, 0.3) is 10.9 Å². The number of nitrogens with zero attached hydrogens (tertiary/aromatic N) is 2. The Kier molecular flexibility index (Phi) is 4.26. The zero-order chi connectivity index (χ0) is 16.4. The van der Waals surface area contributed by atoms with Gasteiger partial charge < -0.3 is 9.88 Å². The standard InChI is InChI=1S/C19H19N3OS/c23-18(21-15-6-7-15)12-22-11-9-16-17(22)8-10-20-19(16)24-13-14-4-2-1-3-5-14/h1-5,8-11,15H,6-7,12-13H2,(H,21,23). The molecule has 1 aliphatic rings. The number of aromatic nitrogens is 2. The van der Waals surface area contributed by atoms with Gasteiger partial charge in [0, 0.05) is 29.6 Å². The van der Waals surface area contributed by atoms with Crippen LogP contribution in [0.15, 0.2) is 59.9 Å². The predicted molar refractivity (Wildman–Crippen MR) is 96.9 cm³/mol. The maximum absolute atomic E-state index is 12.0. The number of hydrogen-bond donors (Lipinski definition) is 1. The maximum Gasteiger partial charge on any atom is 0.240 e. The lowest BCUT2D eigenvalue weighted by molar-refractivity contribution is -0.121. The van der Waals surface area contributed by atoms with E-state index in [1.165, 1.54) is 5.56 Å². The molecule has 3 aromatic rings. The van der Waals surface area contributed by atoms with Gasteiger partial charge in [-0.15, -0.1) is 11.8 Å². The highest BCUT2D eigenvalue weighted by Crippen LogP contribution is 2.29. The van der Waals surface area contributed by atoms with Gasteiger partial charge in [-0.25, -0.2) is 4.98 Å². The number of thioether (sulfide) groups is 1. The topological polar surface area (TPSA) is 46.9 Å². The van der Waals surface area contributed by atoms with Crippen molar-refractivity contribution in [3.63, 3.8) is 0 Å². The molecule has 0 unspecified atom stereocenters. The summed E-state index contributed by atoms with van der Waals surface area (Å²) >= 11 is 1.73. The first kappa shape index (κ1) is 15.3. The smallest absolute Gasteiger partial charge is 0.240 e. The van der Waals surface area contributed by atoms with Crippen LogP contribution in [0.4, 0.5) is 0 Å². The summed E-state index contributed by atoms with van der Waals surface area (Å²) in [6.45, 7) is 0.368. The van der Waals surface area contributed by atoms with Gasteiger partial charge in [-0.1, -0.05) is 30.3 Å². The molecule has 0 aliphatic heterocycles. The molecule has 1 fully saturated rings. The van der Waals surface area contributed by atoms with Gasteiger partial charge >= 0.3 is 0 Å². The number of carbonyl (C=O) groups excluding carboxylic acids is 1. The number of carbonyl (C=O) groups is 1. The average molecular weight is 337 g/mol. The molecule has 0 spiro atoms. The van der Waals surface area contributed by atoms with E-state index in [1.807, 2.05) is 29.1 Å². The van der Waals surface area contributed by atoms with Crippen LogP contribution in [0.2, 0.25) is 0 Å². The molecule has 24 heavy (non-hydrogen) atoms. The van der Waals surface area contributed by atoms with Crippen molar-refractivity contribution in [2.24, 2.45) is 0 Å². The van der Waals surface area contributed by atoms with Crippen molar-refractivity contribution < 1.29 is 4.79 Å². The molecule has 1 aliphatic carbocycles. The molecule has 0 radical (unpaired) electrons. The van der Waals surface area contributed by atoms with Gasteiger partial charge in [0.2, 0.25) is 5.91 Å². The fourth-order valence-electron chi connectivity index (χ4n) is 2.73. The van der Waals surface area contributed by atoms with Gasteiger partial charge in [0.05, 0.1) is 5.52 Å². The third-order valence-electron chi connectivity index (χ3n) is 4.14. The Balaban J connectivity index is 1.51. The fraction of sp³-hybridized carbons (Fsp3) is 0.263. The Bertz CT molecular complexity index is 855. The van der Waals surface area contributed by atoms with E-state index in [0.717, 1.165) is 34.5 Å². The lowest BCUT2D eigenvalue weighted by Gasteiger charge is -2.07. The number of benzene rings is 1. The molecule has 0 bridgehead atoms. The molecule has 2 heterocycles. The summed E-state index contributed by atoms with van der Waals surface area (Å²) in [5.74, 6) is 0.977. The quantitative estimate of drug-likeness (QED) is 0.699. The van der Waals surface area contributed by atoms with E-state index in [1.54, 1.807) is 11.8 Å². The SMILES string of the molecule is O=C(Cn1ccc2c(SCc3ccccc3)nccc21)NC1CC1. The normalized spacial score (nSPS) is 14.0. The molecule has 4 rings (SSSR count). The van der Waals surface area contributed by atoms with Crippen molar-refractivity contribution in [1.29, 1.82) is 0 Å².